The van der Waals surface area contributed by atoms with E-state index < -0.39 is 0 Å². The Bertz CT molecular complexity index is 1180. The number of carbonyl (C=O) groups is 2. The van der Waals surface area contributed by atoms with Gasteiger partial charge in [0.05, 0.1) is 23.3 Å². The fourth-order valence-corrected chi connectivity index (χ4v) is 5.60. The van der Waals surface area contributed by atoms with Gasteiger partial charge in [-0.1, -0.05) is 49.2 Å². The zero-order valence-corrected chi connectivity index (χ0v) is 20.3. The molecule has 0 aliphatic carbocycles. The van der Waals surface area contributed by atoms with Crippen molar-refractivity contribution in [2.75, 3.05) is 19.6 Å². The molecule has 4 N–H and O–H groups in total. The summed E-state index contributed by atoms with van der Waals surface area (Å²) in [5, 5.41) is 5.76. The lowest BCUT2D eigenvalue weighted by Crippen LogP contribution is -2.55. The number of hydrogen-bond acceptors (Lipinski definition) is 4. The lowest BCUT2D eigenvalue weighted by Gasteiger charge is -2.47. The monoisotopic (exact) mass is 473 g/mol. The molecule has 6 rings (SSSR count). The number of nitrogens with one attached hydrogen (secondary N) is 2. The van der Waals surface area contributed by atoms with Crippen LogP contribution in [0.25, 0.3) is 22.0 Å². The molecule has 2 aromatic carbocycles. The van der Waals surface area contributed by atoms with Gasteiger partial charge in [-0.05, 0) is 68.6 Å². The molecule has 3 aliphatic rings. The number of primary amides is 1. The number of nitrogens with zero attached hydrogens (tertiary/aromatic N) is 2. The normalized spacial score (nSPS) is 22.2. The van der Waals surface area contributed by atoms with Gasteiger partial charge in [0, 0.05) is 12.0 Å². The van der Waals surface area contributed by atoms with Crippen molar-refractivity contribution < 1.29 is 9.59 Å². The molecular weight excluding hydrogens is 438 g/mol. The SMILES string of the molecule is NC(=O)CCCCCC(NC(=O)C12CCN(CC1)CC2)c1ncc(-c2ccc3ccccc3c2)[nH]1. The first-order valence-corrected chi connectivity index (χ1v) is 12.9. The summed E-state index contributed by atoms with van der Waals surface area (Å²) in [5.41, 5.74) is 7.07. The maximum atomic E-state index is 13.5. The Balaban J connectivity index is 1.33. The highest BCUT2D eigenvalue weighted by Crippen LogP contribution is 2.41. The molecule has 0 saturated carbocycles. The lowest BCUT2D eigenvalue weighted by atomic mass is 9.71. The molecular formula is C28H35N5O2. The molecule has 3 aliphatic heterocycles. The van der Waals surface area contributed by atoms with Gasteiger partial charge in [-0.3, -0.25) is 9.59 Å². The second kappa shape index (κ2) is 10.2. The molecule has 3 fully saturated rings. The Morgan fingerprint density at radius 1 is 1.03 bits per heavy atom. The zero-order chi connectivity index (χ0) is 24.3. The van der Waals surface area contributed by atoms with Crippen LogP contribution in [0.3, 0.4) is 0 Å². The first-order valence-electron chi connectivity index (χ1n) is 12.9. The van der Waals surface area contributed by atoms with Gasteiger partial charge in [0.1, 0.15) is 5.82 Å². The number of rotatable bonds is 10. The number of piperidine rings is 3. The summed E-state index contributed by atoms with van der Waals surface area (Å²) >= 11 is 0. The van der Waals surface area contributed by atoms with Crippen LogP contribution in [0.2, 0.25) is 0 Å². The maximum Gasteiger partial charge on any atom is 0.226 e. The highest BCUT2D eigenvalue weighted by atomic mass is 16.2. The Morgan fingerprint density at radius 3 is 2.51 bits per heavy atom. The summed E-state index contributed by atoms with van der Waals surface area (Å²) in [6.07, 6.45) is 8.42. The Kier molecular flexibility index (Phi) is 6.86. The summed E-state index contributed by atoms with van der Waals surface area (Å²) in [4.78, 5) is 35.3. The van der Waals surface area contributed by atoms with Gasteiger partial charge in [0.25, 0.3) is 0 Å². The molecule has 4 heterocycles. The van der Waals surface area contributed by atoms with Gasteiger partial charge in [-0.2, -0.15) is 0 Å². The number of amides is 2. The molecule has 1 unspecified atom stereocenters. The molecule has 184 valence electrons. The molecule has 2 bridgehead atoms. The molecule has 35 heavy (non-hydrogen) atoms. The van der Waals surface area contributed by atoms with Crippen LogP contribution in [-0.4, -0.2) is 46.3 Å². The first-order chi connectivity index (χ1) is 17.0. The molecule has 1 aromatic heterocycles. The fraction of sp³-hybridized carbons (Fsp3) is 0.464. The van der Waals surface area contributed by atoms with Crippen molar-refractivity contribution in [3.05, 3.63) is 54.5 Å². The van der Waals surface area contributed by atoms with E-state index in [0.29, 0.717) is 6.42 Å². The van der Waals surface area contributed by atoms with Gasteiger partial charge in [0.2, 0.25) is 11.8 Å². The Labute approximate surface area is 206 Å². The molecule has 3 saturated heterocycles. The minimum absolute atomic E-state index is 0.169. The lowest BCUT2D eigenvalue weighted by molar-refractivity contribution is -0.139. The average Bonchev–Trinajstić information content (AvgIpc) is 3.38. The molecule has 1 atom stereocenters. The van der Waals surface area contributed by atoms with E-state index in [9.17, 15) is 9.59 Å². The number of nitrogens with two attached hydrogens (primary N) is 1. The van der Waals surface area contributed by atoms with E-state index in [2.05, 4.69) is 45.5 Å². The minimum atomic E-state index is -0.261. The molecule has 7 heteroatoms. The summed E-state index contributed by atoms with van der Waals surface area (Å²) in [6.45, 7) is 3.04. The standard InChI is InChI=1S/C28H35N5O2/c29-25(34)9-3-1-2-8-23(32-27(35)28-12-15-33(16-13-28)17-14-28)26-30-19-24(31-26)22-11-10-20-6-4-5-7-21(20)18-22/h4-7,10-11,18-19,23H,1-3,8-9,12-17H2,(H2,29,34)(H,30,31)(H,32,35). The first kappa shape index (κ1) is 23.5. The van der Waals surface area contributed by atoms with Crippen LogP contribution in [-0.2, 0) is 9.59 Å². The van der Waals surface area contributed by atoms with Crippen molar-refractivity contribution in [1.29, 1.82) is 0 Å². The summed E-state index contributed by atoms with van der Waals surface area (Å²) in [7, 11) is 0. The minimum Gasteiger partial charge on any atom is -0.370 e. The fourth-order valence-electron chi connectivity index (χ4n) is 5.60. The number of aromatic nitrogens is 2. The highest BCUT2D eigenvalue weighted by Gasteiger charge is 2.45. The number of imidazole rings is 1. The van der Waals surface area contributed by atoms with E-state index >= 15 is 0 Å². The second-order valence-electron chi connectivity index (χ2n) is 10.2. The van der Waals surface area contributed by atoms with Crippen molar-refractivity contribution in [2.45, 2.75) is 57.4 Å². The van der Waals surface area contributed by atoms with Gasteiger partial charge in [-0.25, -0.2) is 4.98 Å². The van der Waals surface area contributed by atoms with E-state index in [1.807, 2.05) is 18.3 Å². The van der Waals surface area contributed by atoms with Crippen LogP contribution >= 0.6 is 0 Å². The smallest absolute Gasteiger partial charge is 0.226 e. The van der Waals surface area contributed by atoms with Crippen molar-refractivity contribution >= 4 is 22.6 Å². The number of hydrogen-bond donors (Lipinski definition) is 3. The van der Waals surface area contributed by atoms with E-state index in [-0.39, 0.29) is 23.3 Å². The van der Waals surface area contributed by atoms with Crippen molar-refractivity contribution in [2.24, 2.45) is 11.1 Å². The van der Waals surface area contributed by atoms with E-state index in [4.69, 9.17) is 10.7 Å². The molecule has 0 spiro atoms. The van der Waals surface area contributed by atoms with Gasteiger partial charge in [0.15, 0.2) is 0 Å². The third-order valence-corrected chi connectivity index (χ3v) is 7.91. The molecule has 2 amide bonds. The largest absolute Gasteiger partial charge is 0.370 e. The third kappa shape index (κ3) is 5.25. The Hall–Kier alpha value is -3.19. The third-order valence-electron chi connectivity index (χ3n) is 7.91. The van der Waals surface area contributed by atoms with Crippen LogP contribution in [0.1, 0.15) is 63.2 Å². The number of H-pyrrole nitrogens is 1. The predicted octanol–water partition coefficient (Wildman–Crippen LogP) is 4.31. The number of carbonyl (C=O) groups excluding carboxylic acids is 2. The number of unbranched alkanes of at least 4 members (excludes halogenated alkanes) is 2. The number of benzene rings is 2. The van der Waals surface area contributed by atoms with E-state index in [0.717, 1.165) is 81.7 Å². The van der Waals surface area contributed by atoms with Crippen LogP contribution in [0.15, 0.2) is 48.7 Å². The van der Waals surface area contributed by atoms with Crippen molar-refractivity contribution in [1.82, 2.24) is 20.2 Å². The van der Waals surface area contributed by atoms with Crippen molar-refractivity contribution in [3.63, 3.8) is 0 Å². The second-order valence-corrected chi connectivity index (χ2v) is 10.2. The van der Waals surface area contributed by atoms with E-state index in [1.54, 1.807) is 0 Å². The van der Waals surface area contributed by atoms with Gasteiger partial charge < -0.3 is 20.9 Å². The van der Waals surface area contributed by atoms with Crippen LogP contribution in [0.5, 0.6) is 0 Å². The number of fused-ring (bicyclic) bond motifs is 4. The summed E-state index contributed by atoms with van der Waals surface area (Å²) in [5.74, 6) is 0.701. The molecule has 0 radical (unpaired) electrons. The van der Waals surface area contributed by atoms with Crippen LogP contribution < -0.4 is 11.1 Å². The average molecular weight is 474 g/mol. The van der Waals surface area contributed by atoms with Crippen molar-refractivity contribution in [3.8, 4) is 11.3 Å². The predicted molar refractivity (Wildman–Crippen MR) is 137 cm³/mol. The van der Waals surface area contributed by atoms with E-state index in [1.165, 1.54) is 10.8 Å². The highest BCUT2D eigenvalue weighted by molar-refractivity contribution is 5.87. The maximum absolute atomic E-state index is 13.5. The quantitative estimate of drug-likeness (QED) is 0.382. The Morgan fingerprint density at radius 2 is 1.77 bits per heavy atom. The van der Waals surface area contributed by atoms with Gasteiger partial charge in [-0.15, -0.1) is 0 Å². The molecule has 3 aromatic rings. The van der Waals surface area contributed by atoms with Crippen LogP contribution in [0, 0.1) is 5.41 Å². The van der Waals surface area contributed by atoms with Gasteiger partial charge >= 0.3 is 0 Å². The zero-order valence-electron chi connectivity index (χ0n) is 20.3. The summed E-state index contributed by atoms with van der Waals surface area (Å²) in [6, 6.07) is 14.5. The number of aromatic amines is 1. The molecule has 7 nitrogen and oxygen atoms in total. The summed E-state index contributed by atoms with van der Waals surface area (Å²) < 4.78 is 0. The topological polar surface area (TPSA) is 104 Å². The van der Waals surface area contributed by atoms with Crippen LogP contribution in [0.4, 0.5) is 0 Å².